The first-order valence-electron chi connectivity index (χ1n) is 7.11. The van der Waals surface area contributed by atoms with Crippen LogP contribution in [-0.2, 0) is 0 Å². The molecule has 1 aromatic rings. The van der Waals surface area contributed by atoms with E-state index in [1.165, 1.54) is 0 Å². The van der Waals surface area contributed by atoms with Crippen molar-refractivity contribution in [3.8, 4) is 11.8 Å². The van der Waals surface area contributed by atoms with E-state index >= 15 is 0 Å². The van der Waals surface area contributed by atoms with Gasteiger partial charge in [0.25, 0.3) is 0 Å². The summed E-state index contributed by atoms with van der Waals surface area (Å²) in [6.45, 7) is 7.12. The molecule has 0 aromatic heterocycles. The Hall–Kier alpha value is -1.57. The number of aliphatic hydroxyl groups is 1. The SMILES string of the molecule is CCC(NCC(O)COc1ccccc1C#N)C(C)C. The van der Waals surface area contributed by atoms with Crippen molar-refractivity contribution in [3.05, 3.63) is 29.8 Å². The molecule has 2 unspecified atom stereocenters. The number of para-hydroxylation sites is 1. The third-order valence-corrected chi connectivity index (χ3v) is 3.30. The Morgan fingerprint density at radius 1 is 1.35 bits per heavy atom. The monoisotopic (exact) mass is 276 g/mol. The molecule has 2 atom stereocenters. The van der Waals surface area contributed by atoms with E-state index in [1.54, 1.807) is 18.2 Å². The summed E-state index contributed by atoms with van der Waals surface area (Å²) in [6, 6.07) is 9.51. The zero-order valence-electron chi connectivity index (χ0n) is 12.5. The summed E-state index contributed by atoms with van der Waals surface area (Å²) >= 11 is 0. The van der Waals surface area contributed by atoms with Crippen LogP contribution in [0.5, 0.6) is 5.75 Å². The van der Waals surface area contributed by atoms with Gasteiger partial charge in [0, 0.05) is 12.6 Å². The molecule has 1 aromatic carbocycles. The largest absolute Gasteiger partial charge is 0.489 e. The summed E-state index contributed by atoms with van der Waals surface area (Å²) in [5, 5.41) is 22.2. The molecule has 0 aliphatic carbocycles. The Kier molecular flexibility index (Phi) is 7.06. The standard InChI is InChI=1S/C16H24N2O2/c1-4-15(12(2)3)18-10-14(19)11-20-16-8-6-5-7-13(16)9-17/h5-8,12,14-15,18-19H,4,10-11H2,1-3H3. The zero-order chi connectivity index (χ0) is 15.0. The fourth-order valence-corrected chi connectivity index (χ4v) is 2.07. The molecule has 0 heterocycles. The van der Waals surface area contributed by atoms with Crippen molar-refractivity contribution in [2.24, 2.45) is 5.92 Å². The fraction of sp³-hybridized carbons (Fsp3) is 0.562. The van der Waals surface area contributed by atoms with Crippen LogP contribution in [0.3, 0.4) is 0 Å². The molecule has 0 saturated carbocycles. The molecule has 0 aliphatic rings. The smallest absolute Gasteiger partial charge is 0.137 e. The van der Waals surface area contributed by atoms with Crippen LogP contribution in [-0.4, -0.2) is 30.4 Å². The number of hydrogen-bond acceptors (Lipinski definition) is 4. The predicted molar refractivity (Wildman–Crippen MR) is 79.6 cm³/mol. The van der Waals surface area contributed by atoms with Gasteiger partial charge in [-0.2, -0.15) is 5.26 Å². The van der Waals surface area contributed by atoms with Crippen molar-refractivity contribution >= 4 is 0 Å². The lowest BCUT2D eigenvalue weighted by Crippen LogP contribution is -2.40. The molecule has 0 aliphatic heterocycles. The van der Waals surface area contributed by atoms with Crippen LogP contribution >= 0.6 is 0 Å². The third-order valence-electron chi connectivity index (χ3n) is 3.30. The second kappa shape index (κ2) is 8.57. The first-order valence-corrected chi connectivity index (χ1v) is 7.11. The molecule has 4 heteroatoms. The number of aliphatic hydroxyl groups excluding tert-OH is 1. The maximum Gasteiger partial charge on any atom is 0.137 e. The molecule has 0 radical (unpaired) electrons. The van der Waals surface area contributed by atoms with Crippen molar-refractivity contribution in [2.45, 2.75) is 39.3 Å². The van der Waals surface area contributed by atoms with E-state index in [2.05, 4.69) is 32.2 Å². The molecule has 4 nitrogen and oxygen atoms in total. The summed E-state index contributed by atoms with van der Waals surface area (Å²) in [7, 11) is 0. The van der Waals surface area contributed by atoms with Gasteiger partial charge in [0.1, 0.15) is 24.5 Å². The minimum Gasteiger partial charge on any atom is -0.489 e. The van der Waals surface area contributed by atoms with E-state index in [1.807, 2.05) is 6.07 Å². The van der Waals surface area contributed by atoms with Crippen molar-refractivity contribution in [1.29, 1.82) is 5.26 Å². The number of nitrogens with zero attached hydrogens (tertiary/aromatic N) is 1. The van der Waals surface area contributed by atoms with Gasteiger partial charge in [-0.15, -0.1) is 0 Å². The van der Waals surface area contributed by atoms with Crippen LogP contribution in [0.4, 0.5) is 0 Å². The molecule has 0 fully saturated rings. The first kappa shape index (κ1) is 16.5. The van der Waals surface area contributed by atoms with Crippen molar-refractivity contribution in [2.75, 3.05) is 13.2 Å². The molecule has 0 saturated heterocycles. The second-order valence-corrected chi connectivity index (χ2v) is 5.24. The highest BCUT2D eigenvalue weighted by molar-refractivity contribution is 5.42. The van der Waals surface area contributed by atoms with Gasteiger partial charge in [-0.1, -0.05) is 32.9 Å². The Morgan fingerprint density at radius 3 is 2.65 bits per heavy atom. The van der Waals surface area contributed by atoms with Crippen LogP contribution in [0.15, 0.2) is 24.3 Å². The maximum atomic E-state index is 9.93. The van der Waals surface area contributed by atoms with Gasteiger partial charge in [-0.25, -0.2) is 0 Å². The molecule has 0 spiro atoms. The van der Waals surface area contributed by atoms with E-state index in [0.717, 1.165) is 6.42 Å². The summed E-state index contributed by atoms with van der Waals surface area (Å²) in [4.78, 5) is 0. The van der Waals surface area contributed by atoms with E-state index in [9.17, 15) is 5.11 Å². The van der Waals surface area contributed by atoms with Gasteiger partial charge in [0.05, 0.1) is 5.56 Å². The number of rotatable bonds is 8. The van der Waals surface area contributed by atoms with E-state index in [0.29, 0.717) is 29.8 Å². The highest BCUT2D eigenvalue weighted by atomic mass is 16.5. The molecular weight excluding hydrogens is 252 g/mol. The molecule has 0 bridgehead atoms. The van der Waals surface area contributed by atoms with E-state index in [4.69, 9.17) is 10.00 Å². The molecular formula is C16H24N2O2. The zero-order valence-corrected chi connectivity index (χ0v) is 12.5. The molecule has 110 valence electrons. The Morgan fingerprint density at radius 2 is 2.05 bits per heavy atom. The number of nitrogens with one attached hydrogen (secondary N) is 1. The minimum atomic E-state index is -0.588. The van der Waals surface area contributed by atoms with Crippen LogP contribution in [0, 0.1) is 17.2 Å². The summed E-state index contributed by atoms with van der Waals surface area (Å²) in [6.07, 6.45) is 0.442. The van der Waals surface area contributed by atoms with Gasteiger partial charge < -0.3 is 15.2 Å². The van der Waals surface area contributed by atoms with Crippen molar-refractivity contribution in [1.82, 2.24) is 5.32 Å². The number of ether oxygens (including phenoxy) is 1. The maximum absolute atomic E-state index is 9.93. The van der Waals surface area contributed by atoms with Gasteiger partial charge in [0.15, 0.2) is 0 Å². The predicted octanol–water partition coefficient (Wildman–Crippen LogP) is 2.32. The van der Waals surface area contributed by atoms with Crippen LogP contribution in [0.2, 0.25) is 0 Å². The quantitative estimate of drug-likeness (QED) is 0.765. The fourth-order valence-electron chi connectivity index (χ4n) is 2.07. The average Bonchev–Trinajstić information content (AvgIpc) is 2.45. The summed E-state index contributed by atoms with van der Waals surface area (Å²) in [5.74, 6) is 1.05. The Bertz CT molecular complexity index is 440. The van der Waals surface area contributed by atoms with E-state index < -0.39 is 6.10 Å². The Balaban J connectivity index is 2.40. The molecule has 2 N–H and O–H groups in total. The van der Waals surface area contributed by atoms with Gasteiger partial charge in [0.2, 0.25) is 0 Å². The topological polar surface area (TPSA) is 65.3 Å². The number of nitriles is 1. The highest BCUT2D eigenvalue weighted by Crippen LogP contribution is 2.16. The lowest BCUT2D eigenvalue weighted by molar-refractivity contribution is 0.101. The normalized spacial score (nSPS) is 13.8. The summed E-state index contributed by atoms with van der Waals surface area (Å²) in [5.41, 5.74) is 0.487. The van der Waals surface area contributed by atoms with Gasteiger partial charge in [-0.3, -0.25) is 0 Å². The number of benzene rings is 1. The van der Waals surface area contributed by atoms with Gasteiger partial charge in [-0.05, 0) is 24.5 Å². The lowest BCUT2D eigenvalue weighted by Gasteiger charge is -2.22. The van der Waals surface area contributed by atoms with Crippen molar-refractivity contribution in [3.63, 3.8) is 0 Å². The molecule has 20 heavy (non-hydrogen) atoms. The average molecular weight is 276 g/mol. The second-order valence-electron chi connectivity index (χ2n) is 5.24. The van der Waals surface area contributed by atoms with E-state index in [-0.39, 0.29) is 6.61 Å². The lowest BCUT2D eigenvalue weighted by atomic mass is 10.0. The molecule has 0 amide bonds. The van der Waals surface area contributed by atoms with Gasteiger partial charge >= 0.3 is 0 Å². The van der Waals surface area contributed by atoms with Crippen LogP contribution < -0.4 is 10.1 Å². The Labute approximate surface area is 121 Å². The first-order chi connectivity index (χ1) is 9.58. The minimum absolute atomic E-state index is 0.181. The van der Waals surface area contributed by atoms with Crippen LogP contribution in [0.25, 0.3) is 0 Å². The van der Waals surface area contributed by atoms with Crippen molar-refractivity contribution < 1.29 is 9.84 Å². The highest BCUT2D eigenvalue weighted by Gasteiger charge is 2.13. The summed E-state index contributed by atoms with van der Waals surface area (Å²) < 4.78 is 5.50. The third kappa shape index (κ3) is 5.20. The van der Waals surface area contributed by atoms with Crippen LogP contribution in [0.1, 0.15) is 32.8 Å². The molecule has 1 rings (SSSR count). The number of hydrogen-bond donors (Lipinski definition) is 2.